The highest BCUT2D eigenvalue weighted by molar-refractivity contribution is 7.80. The summed E-state index contributed by atoms with van der Waals surface area (Å²) in [6, 6.07) is 0. The molecule has 0 aromatic rings. The molecule has 3 rings (SSSR count). The second-order valence-electron chi connectivity index (χ2n) is 12.1. The first kappa shape index (κ1) is 31.6. The maximum absolute atomic E-state index is 14.9. The van der Waals surface area contributed by atoms with Crippen LogP contribution in [0.25, 0.3) is 0 Å². The molecule has 0 aromatic carbocycles. The average Bonchev–Trinajstić information content (AvgIpc) is 3.45. The van der Waals surface area contributed by atoms with Crippen molar-refractivity contribution >= 4 is 17.0 Å². The minimum atomic E-state index is -5.85. The molecular formula is C25H39F6NO5S. The summed E-state index contributed by atoms with van der Waals surface area (Å²) in [5.41, 5.74) is 1.53. The van der Waals surface area contributed by atoms with Crippen molar-refractivity contribution < 1.29 is 49.4 Å². The Bertz CT molecular complexity index is 911. The largest absolute Gasteiger partial charge is 0.457 e. The molecule has 3 N–H and O–H groups in total. The molecule has 3 saturated carbocycles. The number of hydrogen-bond donors (Lipinski definition) is 2. The monoisotopic (exact) mass is 579 g/mol. The fourth-order valence-electron chi connectivity index (χ4n) is 7.32. The molecule has 0 aliphatic heterocycles. The number of alkyl halides is 6. The zero-order valence-electron chi connectivity index (χ0n) is 22.2. The third kappa shape index (κ3) is 4.91. The second kappa shape index (κ2) is 10.5. The van der Waals surface area contributed by atoms with Crippen LogP contribution in [0.5, 0.6) is 0 Å². The Morgan fingerprint density at radius 3 is 2.13 bits per heavy atom. The van der Waals surface area contributed by atoms with Crippen molar-refractivity contribution in [2.45, 2.75) is 114 Å². The summed E-state index contributed by atoms with van der Waals surface area (Å²) in [4.78, 5) is 12.8. The smallest absolute Gasteiger partial charge is 0.373 e. The number of halogens is 6. The summed E-state index contributed by atoms with van der Waals surface area (Å²) >= 11 is -3.10. The van der Waals surface area contributed by atoms with Gasteiger partial charge in [-0.2, -0.15) is 26.3 Å². The summed E-state index contributed by atoms with van der Waals surface area (Å²) in [6.07, 6.45) is 0.972. The van der Waals surface area contributed by atoms with E-state index in [1.54, 1.807) is 13.8 Å². The Labute approximate surface area is 222 Å². The van der Waals surface area contributed by atoms with E-state index in [1.165, 1.54) is 0 Å². The fraction of sp³-hybridized carbons (Fsp3) is 0.960. The predicted octanol–water partition coefficient (Wildman–Crippen LogP) is 5.55. The van der Waals surface area contributed by atoms with Gasteiger partial charge in [0.1, 0.15) is 12.2 Å². The Morgan fingerprint density at radius 2 is 1.66 bits per heavy atom. The topological polar surface area (TPSA) is 98.9 Å². The van der Waals surface area contributed by atoms with Gasteiger partial charge in [0.2, 0.25) is 0 Å². The zero-order chi connectivity index (χ0) is 28.9. The van der Waals surface area contributed by atoms with Crippen molar-refractivity contribution in [2.75, 3.05) is 13.2 Å². The predicted molar refractivity (Wildman–Crippen MR) is 128 cm³/mol. The van der Waals surface area contributed by atoms with E-state index < -0.39 is 82.2 Å². The Kier molecular flexibility index (Phi) is 8.72. The normalized spacial score (nSPS) is 30.6. The number of nitrogens with two attached hydrogens (primary N) is 1. The summed E-state index contributed by atoms with van der Waals surface area (Å²) in [6.45, 7) is 4.65. The standard InChI is InChI=1S/C25H39F6NO5S/c1-15(2)21(8-5-6-9-21)37-19(33)13-36-17-11-16-7-10-22(17,20(16,3)4)18(38(34)35)12-23(26,27)25(30,31)24(28,29)14-32/h15-18H,5-14,32H2,1-4H3,(H,34,35). The fourth-order valence-corrected chi connectivity index (χ4v) is 8.60. The summed E-state index contributed by atoms with van der Waals surface area (Å²) in [7, 11) is 0. The molecule has 0 amide bonds. The van der Waals surface area contributed by atoms with Gasteiger partial charge in [0.15, 0.2) is 11.1 Å². The molecule has 0 aromatic heterocycles. The lowest BCUT2D eigenvalue weighted by Crippen LogP contribution is -2.61. The molecule has 2 bridgehead atoms. The first-order chi connectivity index (χ1) is 17.3. The molecule has 3 aliphatic rings. The quantitative estimate of drug-likeness (QED) is 0.179. The van der Waals surface area contributed by atoms with E-state index in [2.05, 4.69) is 5.73 Å². The van der Waals surface area contributed by atoms with Crippen molar-refractivity contribution in [1.82, 2.24) is 0 Å². The van der Waals surface area contributed by atoms with E-state index in [4.69, 9.17) is 9.47 Å². The SMILES string of the molecule is CC(C)C1(OC(=O)COC2CC3CCC2(C(CC(F)(F)C(F)(F)C(F)(F)CN)S(=O)O)C3(C)C)CCCC1. The van der Waals surface area contributed by atoms with Gasteiger partial charge in [-0.3, -0.25) is 0 Å². The van der Waals surface area contributed by atoms with Crippen molar-refractivity contribution in [3.05, 3.63) is 0 Å². The highest BCUT2D eigenvalue weighted by Crippen LogP contribution is 2.70. The molecular weight excluding hydrogens is 540 g/mol. The van der Waals surface area contributed by atoms with Gasteiger partial charge in [0.25, 0.3) is 0 Å². The molecule has 6 nitrogen and oxygen atoms in total. The van der Waals surface area contributed by atoms with Gasteiger partial charge in [-0.25, -0.2) is 9.00 Å². The molecule has 0 spiro atoms. The van der Waals surface area contributed by atoms with Crippen molar-refractivity contribution in [3.63, 3.8) is 0 Å². The highest BCUT2D eigenvalue weighted by atomic mass is 32.2. The second-order valence-corrected chi connectivity index (χ2v) is 13.2. The molecule has 5 atom stereocenters. The number of hydrogen-bond acceptors (Lipinski definition) is 5. The van der Waals surface area contributed by atoms with Crippen LogP contribution < -0.4 is 5.73 Å². The van der Waals surface area contributed by atoms with E-state index >= 15 is 0 Å². The Hall–Kier alpha value is -0.920. The van der Waals surface area contributed by atoms with Gasteiger partial charge < -0.3 is 19.8 Å². The Morgan fingerprint density at radius 1 is 1.08 bits per heavy atom. The number of ether oxygens (including phenoxy) is 2. The minimum absolute atomic E-state index is 0.0541. The lowest BCUT2D eigenvalue weighted by molar-refractivity contribution is -0.308. The Balaban J connectivity index is 1.87. The molecule has 13 heteroatoms. The molecule has 38 heavy (non-hydrogen) atoms. The maximum Gasteiger partial charge on any atom is 0.373 e. The van der Waals surface area contributed by atoms with Crippen LogP contribution in [0, 0.1) is 22.7 Å². The van der Waals surface area contributed by atoms with E-state index in [-0.39, 0.29) is 24.7 Å². The summed E-state index contributed by atoms with van der Waals surface area (Å²) < 4.78 is 120. The van der Waals surface area contributed by atoms with Crippen LogP contribution in [0.3, 0.4) is 0 Å². The van der Waals surface area contributed by atoms with Gasteiger partial charge >= 0.3 is 23.7 Å². The third-order valence-corrected chi connectivity index (χ3v) is 10.9. The van der Waals surface area contributed by atoms with Crippen LogP contribution >= 0.6 is 0 Å². The van der Waals surface area contributed by atoms with Crippen LogP contribution in [-0.2, 0) is 25.3 Å². The van der Waals surface area contributed by atoms with Gasteiger partial charge in [0, 0.05) is 11.8 Å². The van der Waals surface area contributed by atoms with Gasteiger partial charge in [-0.1, -0.05) is 27.7 Å². The first-order valence-corrected chi connectivity index (χ1v) is 14.2. The average molecular weight is 580 g/mol. The van der Waals surface area contributed by atoms with E-state index in [1.807, 2.05) is 13.8 Å². The number of carbonyl (C=O) groups excluding carboxylic acids is 1. The number of esters is 1. The van der Waals surface area contributed by atoms with Gasteiger partial charge in [0.05, 0.1) is 17.9 Å². The van der Waals surface area contributed by atoms with Crippen molar-refractivity contribution in [1.29, 1.82) is 0 Å². The van der Waals surface area contributed by atoms with Crippen LogP contribution in [0.1, 0.15) is 79.1 Å². The van der Waals surface area contributed by atoms with Crippen LogP contribution in [0.4, 0.5) is 26.3 Å². The first-order valence-electron chi connectivity index (χ1n) is 13.1. The summed E-state index contributed by atoms with van der Waals surface area (Å²) in [5.74, 6) is -17.2. The minimum Gasteiger partial charge on any atom is -0.457 e. The van der Waals surface area contributed by atoms with Crippen LogP contribution in [-0.4, -0.2) is 62.6 Å². The van der Waals surface area contributed by atoms with Gasteiger partial charge in [-0.15, -0.1) is 0 Å². The molecule has 0 saturated heterocycles. The summed E-state index contributed by atoms with van der Waals surface area (Å²) in [5, 5.41) is -2.03. The lowest BCUT2D eigenvalue weighted by atomic mass is 9.64. The van der Waals surface area contributed by atoms with Crippen LogP contribution in [0.15, 0.2) is 0 Å². The zero-order valence-corrected chi connectivity index (χ0v) is 23.0. The van der Waals surface area contributed by atoms with E-state index in [9.17, 15) is 39.9 Å². The number of fused-ring (bicyclic) bond motifs is 2. The van der Waals surface area contributed by atoms with Crippen molar-refractivity contribution in [2.24, 2.45) is 28.4 Å². The molecule has 222 valence electrons. The molecule has 3 fully saturated rings. The van der Waals surface area contributed by atoms with E-state index in [0.717, 1.165) is 12.8 Å². The number of carbonyl (C=O) groups is 1. The highest BCUT2D eigenvalue weighted by Gasteiger charge is 2.75. The maximum atomic E-state index is 14.9. The molecule has 5 unspecified atom stereocenters. The number of rotatable bonds is 12. The van der Waals surface area contributed by atoms with Gasteiger partial charge in [-0.05, 0) is 62.2 Å². The van der Waals surface area contributed by atoms with Crippen molar-refractivity contribution in [3.8, 4) is 0 Å². The van der Waals surface area contributed by atoms with E-state index in [0.29, 0.717) is 19.3 Å². The third-order valence-electron chi connectivity index (χ3n) is 9.86. The lowest BCUT2D eigenvalue weighted by Gasteiger charge is -2.48. The van der Waals surface area contributed by atoms with Crippen LogP contribution in [0.2, 0.25) is 0 Å². The molecule has 0 radical (unpaired) electrons. The molecule has 0 heterocycles. The molecule has 3 aliphatic carbocycles.